The molecule has 140 valence electrons. The van der Waals surface area contributed by atoms with Crippen molar-refractivity contribution in [2.45, 2.75) is 26.2 Å². The Labute approximate surface area is 159 Å². The molecule has 0 unspecified atom stereocenters. The number of benzene rings is 1. The maximum atomic E-state index is 12.6. The van der Waals surface area contributed by atoms with Gasteiger partial charge < -0.3 is 15.2 Å². The molecule has 2 aromatic heterocycles. The molecule has 2 N–H and O–H groups in total. The van der Waals surface area contributed by atoms with Gasteiger partial charge in [-0.15, -0.1) is 0 Å². The fourth-order valence-electron chi connectivity index (χ4n) is 3.72. The Balaban J connectivity index is 1.36. The second-order valence-electron chi connectivity index (χ2n) is 7.44. The molecule has 4 rings (SSSR count). The monoisotopic (exact) mass is 362 g/mol. The zero-order valence-electron chi connectivity index (χ0n) is 15.7. The summed E-state index contributed by atoms with van der Waals surface area (Å²) in [7, 11) is 0. The standard InChI is InChI=1S/C22H26N4O/c1-16-8-12-26(13-9-16)21-14-17(6-10-23-21)22(27)24-11-7-18-15-25-20-5-3-2-4-19(18)20/h2-6,10,14-16,25H,7-9,11-13H2,1H3,(H,24,27). The zero-order chi connectivity index (χ0) is 18.6. The summed E-state index contributed by atoms with van der Waals surface area (Å²) in [4.78, 5) is 22.6. The van der Waals surface area contributed by atoms with Crippen molar-refractivity contribution in [3.63, 3.8) is 0 Å². The molecular weight excluding hydrogens is 336 g/mol. The molecule has 1 aliphatic rings. The first-order chi connectivity index (χ1) is 13.2. The average Bonchev–Trinajstić information content (AvgIpc) is 3.12. The number of amides is 1. The third-order valence-electron chi connectivity index (χ3n) is 5.47. The van der Waals surface area contributed by atoms with E-state index in [0.29, 0.717) is 12.1 Å². The number of para-hydroxylation sites is 1. The smallest absolute Gasteiger partial charge is 0.251 e. The van der Waals surface area contributed by atoms with Gasteiger partial charge in [0, 0.05) is 48.5 Å². The van der Waals surface area contributed by atoms with Crippen LogP contribution < -0.4 is 10.2 Å². The zero-order valence-corrected chi connectivity index (χ0v) is 15.7. The molecule has 0 radical (unpaired) electrons. The van der Waals surface area contributed by atoms with Gasteiger partial charge in [0.15, 0.2) is 0 Å². The maximum absolute atomic E-state index is 12.6. The number of fused-ring (bicyclic) bond motifs is 1. The summed E-state index contributed by atoms with van der Waals surface area (Å²) < 4.78 is 0. The maximum Gasteiger partial charge on any atom is 0.251 e. The number of carbonyl (C=O) groups is 1. The minimum atomic E-state index is -0.0381. The molecule has 0 spiro atoms. The van der Waals surface area contributed by atoms with E-state index in [1.54, 1.807) is 12.3 Å². The number of aromatic nitrogens is 2. The van der Waals surface area contributed by atoms with Crippen LogP contribution in [-0.2, 0) is 6.42 Å². The minimum Gasteiger partial charge on any atom is -0.361 e. The minimum absolute atomic E-state index is 0.0381. The lowest BCUT2D eigenvalue weighted by Gasteiger charge is -2.31. The Bertz CT molecular complexity index is 925. The molecule has 1 aliphatic heterocycles. The molecule has 3 heterocycles. The highest BCUT2D eigenvalue weighted by molar-refractivity contribution is 5.94. The van der Waals surface area contributed by atoms with E-state index in [-0.39, 0.29) is 5.91 Å². The average molecular weight is 362 g/mol. The van der Waals surface area contributed by atoms with Crippen molar-refractivity contribution in [2.24, 2.45) is 5.92 Å². The second-order valence-corrected chi connectivity index (χ2v) is 7.44. The predicted octanol–water partition coefficient (Wildman–Crippen LogP) is 3.77. The van der Waals surface area contributed by atoms with E-state index in [1.165, 1.54) is 23.8 Å². The first kappa shape index (κ1) is 17.6. The fourth-order valence-corrected chi connectivity index (χ4v) is 3.72. The Morgan fingerprint density at radius 2 is 2.07 bits per heavy atom. The number of pyridine rings is 1. The van der Waals surface area contributed by atoms with Crippen molar-refractivity contribution in [3.05, 3.63) is 59.9 Å². The molecule has 1 amide bonds. The number of rotatable bonds is 5. The van der Waals surface area contributed by atoms with Crippen LogP contribution in [0.4, 0.5) is 5.82 Å². The van der Waals surface area contributed by atoms with E-state index >= 15 is 0 Å². The molecule has 1 aromatic carbocycles. The van der Waals surface area contributed by atoms with Gasteiger partial charge in [-0.05, 0) is 48.9 Å². The molecule has 1 saturated heterocycles. The summed E-state index contributed by atoms with van der Waals surface area (Å²) in [6.45, 7) is 4.93. The summed E-state index contributed by atoms with van der Waals surface area (Å²) in [5.74, 6) is 1.65. The Morgan fingerprint density at radius 1 is 1.26 bits per heavy atom. The Hall–Kier alpha value is -2.82. The van der Waals surface area contributed by atoms with Gasteiger partial charge in [-0.3, -0.25) is 4.79 Å². The van der Waals surface area contributed by atoms with E-state index < -0.39 is 0 Å². The molecule has 0 saturated carbocycles. The highest BCUT2D eigenvalue weighted by Crippen LogP contribution is 2.22. The number of carbonyl (C=O) groups excluding carboxylic acids is 1. The van der Waals surface area contributed by atoms with Crippen LogP contribution in [0, 0.1) is 5.92 Å². The largest absolute Gasteiger partial charge is 0.361 e. The van der Waals surface area contributed by atoms with Crippen molar-refractivity contribution in [1.82, 2.24) is 15.3 Å². The van der Waals surface area contributed by atoms with Gasteiger partial charge in [-0.1, -0.05) is 25.1 Å². The lowest BCUT2D eigenvalue weighted by molar-refractivity contribution is 0.0954. The number of anilines is 1. The lowest BCUT2D eigenvalue weighted by atomic mass is 9.99. The van der Waals surface area contributed by atoms with Crippen LogP contribution in [0.25, 0.3) is 10.9 Å². The van der Waals surface area contributed by atoms with Gasteiger partial charge in [0.25, 0.3) is 5.91 Å². The van der Waals surface area contributed by atoms with Gasteiger partial charge >= 0.3 is 0 Å². The van der Waals surface area contributed by atoms with Crippen LogP contribution in [0.2, 0.25) is 0 Å². The van der Waals surface area contributed by atoms with Crippen LogP contribution in [0.1, 0.15) is 35.7 Å². The molecule has 0 atom stereocenters. The van der Waals surface area contributed by atoms with E-state index in [0.717, 1.165) is 36.8 Å². The fraction of sp³-hybridized carbons (Fsp3) is 0.364. The second kappa shape index (κ2) is 7.82. The van der Waals surface area contributed by atoms with E-state index in [4.69, 9.17) is 0 Å². The number of piperidine rings is 1. The van der Waals surface area contributed by atoms with Gasteiger partial charge in [0.2, 0.25) is 0 Å². The molecule has 27 heavy (non-hydrogen) atoms. The quantitative estimate of drug-likeness (QED) is 0.726. The number of H-pyrrole nitrogens is 1. The molecule has 5 nitrogen and oxygen atoms in total. The van der Waals surface area contributed by atoms with Gasteiger partial charge in [-0.2, -0.15) is 0 Å². The van der Waals surface area contributed by atoms with Crippen molar-refractivity contribution < 1.29 is 4.79 Å². The van der Waals surface area contributed by atoms with E-state index in [9.17, 15) is 4.79 Å². The lowest BCUT2D eigenvalue weighted by Crippen LogP contribution is -2.33. The van der Waals surface area contributed by atoms with Crippen LogP contribution >= 0.6 is 0 Å². The topological polar surface area (TPSA) is 61.0 Å². The van der Waals surface area contributed by atoms with Crippen LogP contribution in [0.15, 0.2) is 48.8 Å². The van der Waals surface area contributed by atoms with Crippen LogP contribution in [0.3, 0.4) is 0 Å². The molecular formula is C22H26N4O. The first-order valence-electron chi connectivity index (χ1n) is 9.75. The third-order valence-corrected chi connectivity index (χ3v) is 5.47. The van der Waals surface area contributed by atoms with Crippen molar-refractivity contribution in [1.29, 1.82) is 0 Å². The molecule has 0 aliphatic carbocycles. The Kier molecular flexibility index (Phi) is 5.10. The van der Waals surface area contributed by atoms with Crippen molar-refractivity contribution >= 4 is 22.6 Å². The molecule has 3 aromatic rings. The predicted molar refractivity (Wildman–Crippen MR) is 109 cm³/mol. The van der Waals surface area contributed by atoms with Crippen molar-refractivity contribution in [3.8, 4) is 0 Å². The number of nitrogens with zero attached hydrogens (tertiary/aromatic N) is 2. The summed E-state index contributed by atoms with van der Waals surface area (Å²) in [5.41, 5.74) is 3.04. The molecule has 5 heteroatoms. The van der Waals surface area contributed by atoms with E-state index in [1.807, 2.05) is 24.4 Å². The Morgan fingerprint density at radius 3 is 2.93 bits per heavy atom. The summed E-state index contributed by atoms with van der Waals surface area (Å²) in [5, 5.41) is 4.26. The van der Waals surface area contributed by atoms with Gasteiger partial charge in [0.1, 0.15) is 5.82 Å². The van der Waals surface area contributed by atoms with Gasteiger partial charge in [0.05, 0.1) is 0 Å². The number of hydrogen-bond acceptors (Lipinski definition) is 3. The van der Waals surface area contributed by atoms with Crippen LogP contribution in [-0.4, -0.2) is 35.5 Å². The number of aromatic amines is 1. The normalized spacial score (nSPS) is 15.2. The van der Waals surface area contributed by atoms with Crippen molar-refractivity contribution in [2.75, 3.05) is 24.5 Å². The summed E-state index contributed by atoms with van der Waals surface area (Å²) in [6.07, 6.45) is 6.93. The summed E-state index contributed by atoms with van der Waals surface area (Å²) in [6, 6.07) is 11.9. The number of hydrogen-bond donors (Lipinski definition) is 2. The first-order valence-corrected chi connectivity index (χ1v) is 9.75. The summed E-state index contributed by atoms with van der Waals surface area (Å²) >= 11 is 0. The highest BCUT2D eigenvalue weighted by Gasteiger charge is 2.18. The third kappa shape index (κ3) is 3.97. The molecule has 0 bridgehead atoms. The van der Waals surface area contributed by atoms with Crippen LogP contribution in [0.5, 0.6) is 0 Å². The van der Waals surface area contributed by atoms with Gasteiger partial charge in [-0.25, -0.2) is 4.98 Å². The number of nitrogens with one attached hydrogen (secondary N) is 2. The highest BCUT2D eigenvalue weighted by atomic mass is 16.1. The SMILES string of the molecule is CC1CCN(c2cc(C(=O)NCCc3c[nH]c4ccccc34)ccn2)CC1. The molecule has 1 fully saturated rings. The van der Waals surface area contributed by atoms with E-state index in [2.05, 4.69) is 39.2 Å².